The van der Waals surface area contributed by atoms with Crippen LogP contribution in [-0.4, -0.2) is 29.6 Å². The van der Waals surface area contributed by atoms with Crippen LogP contribution in [0.5, 0.6) is 0 Å². The smallest absolute Gasteiger partial charge is 0.303 e. The van der Waals surface area contributed by atoms with E-state index < -0.39 is 5.97 Å². The van der Waals surface area contributed by atoms with E-state index in [2.05, 4.69) is 19.2 Å². The number of carbonyl (C=O) groups is 2. The van der Waals surface area contributed by atoms with Gasteiger partial charge in [-0.1, -0.05) is 66.2 Å². The van der Waals surface area contributed by atoms with Gasteiger partial charge in [0.15, 0.2) is 0 Å². The molecule has 1 aliphatic carbocycles. The maximum atomic E-state index is 11.0. The second-order valence-corrected chi connectivity index (χ2v) is 7.67. The molecule has 0 bridgehead atoms. The molecule has 1 rings (SSSR count). The van der Waals surface area contributed by atoms with Crippen molar-refractivity contribution in [3.8, 4) is 0 Å². The van der Waals surface area contributed by atoms with E-state index in [9.17, 15) is 9.59 Å². The molecule has 1 aliphatic rings. The summed E-state index contributed by atoms with van der Waals surface area (Å²) in [5.74, 6) is 0.875. The lowest BCUT2D eigenvalue weighted by molar-refractivity contribution is -0.138. The summed E-state index contributed by atoms with van der Waals surface area (Å²) in [6.45, 7) is 9.13. The number of carbonyl (C=O) groups excluding carboxylic acids is 1. The standard InChI is InChI=1S/C11H22N2O3.C9H18/c1-3-5-8(6-10(14)15)7-13-9(4-2)11(12)16;1-8(2)9-6-4-3-5-7-9/h8-9,13H,3-7H2,1-2H3,(H2,12,16)(H,14,15);8-9H,3-7H2,1-2H3/t8-,9+;/m1./s1. The molecule has 1 amide bonds. The highest BCUT2D eigenvalue weighted by Crippen LogP contribution is 2.29. The van der Waals surface area contributed by atoms with E-state index >= 15 is 0 Å². The van der Waals surface area contributed by atoms with E-state index in [4.69, 9.17) is 10.8 Å². The Bertz CT molecular complexity index is 366. The van der Waals surface area contributed by atoms with E-state index in [1.807, 2.05) is 13.8 Å². The van der Waals surface area contributed by atoms with E-state index in [1.54, 1.807) is 0 Å². The maximum absolute atomic E-state index is 11.0. The Balaban J connectivity index is 0.000000535. The van der Waals surface area contributed by atoms with Gasteiger partial charge in [-0.05, 0) is 37.1 Å². The number of hydrogen-bond donors (Lipinski definition) is 3. The first-order valence-electron chi connectivity index (χ1n) is 10.1. The lowest BCUT2D eigenvalue weighted by Gasteiger charge is -2.24. The van der Waals surface area contributed by atoms with Crippen molar-refractivity contribution in [2.75, 3.05) is 6.54 Å². The number of nitrogens with two attached hydrogens (primary N) is 1. The van der Waals surface area contributed by atoms with Gasteiger partial charge >= 0.3 is 5.97 Å². The first kappa shape index (κ1) is 23.9. The van der Waals surface area contributed by atoms with Crippen LogP contribution in [0.4, 0.5) is 0 Å². The SMILES string of the molecule is CC(C)C1CCCCC1.CCC[C@@H](CN[C@@H](CC)C(N)=O)CC(=O)O. The summed E-state index contributed by atoms with van der Waals surface area (Å²) in [6, 6.07) is -0.354. The monoisotopic (exact) mass is 356 g/mol. The number of hydrogen-bond acceptors (Lipinski definition) is 3. The number of carboxylic acid groups (broad SMARTS) is 1. The van der Waals surface area contributed by atoms with Crippen LogP contribution in [0, 0.1) is 17.8 Å². The van der Waals surface area contributed by atoms with Crippen LogP contribution in [0.3, 0.4) is 0 Å². The van der Waals surface area contributed by atoms with Gasteiger partial charge in [-0.2, -0.15) is 0 Å². The Morgan fingerprint density at radius 3 is 2.12 bits per heavy atom. The van der Waals surface area contributed by atoms with Crippen molar-refractivity contribution in [1.29, 1.82) is 0 Å². The van der Waals surface area contributed by atoms with Crippen molar-refractivity contribution in [1.82, 2.24) is 5.32 Å². The molecule has 4 N–H and O–H groups in total. The predicted molar refractivity (Wildman–Crippen MR) is 103 cm³/mol. The Morgan fingerprint density at radius 1 is 1.16 bits per heavy atom. The van der Waals surface area contributed by atoms with Crippen molar-refractivity contribution in [2.24, 2.45) is 23.5 Å². The normalized spacial score (nSPS) is 17.5. The number of aliphatic carboxylic acids is 1. The third-order valence-corrected chi connectivity index (χ3v) is 5.16. The molecule has 1 fully saturated rings. The van der Waals surface area contributed by atoms with Crippen LogP contribution in [0.1, 0.15) is 85.5 Å². The number of primary amides is 1. The van der Waals surface area contributed by atoms with E-state index in [0.29, 0.717) is 13.0 Å². The van der Waals surface area contributed by atoms with Crippen LogP contribution in [0.15, 0.2) is 0 Å². The molecule has 0 heterocycles. The quantitative estimate of drug-likeness (QED) is 0.552. The highest BCUT2D eigenvalue weighted by atomic mass is 16.4. The molecule has 148 valence electrons. The molecule has 25 heavy (non-hydrogen) atoms. The largest absolute Gasteiger partial charge is 0.481 e. The van der Waals surface area contributed by atoms with Gasteiger partial charge < -0.3 is 16.2 Å². The molecule has 0 spiro atoms. The molecule has 0 aliphatic heterocycles. The van der Waals surface area contributed by atoms with Crippen LogP contribution < -0.4 is 11.1 Å². The highest BCUT2D eigenvalue weighted by Gasteiger charge is 2.17. The summed E-state index contributed by atoms with van der Waals surface area (Å²) in [5, 5.41) is 11.7. The average molecular weight is 357 g/mol. The molecule has 5 nitrogen and oxygen atoms in total. The van der Waals surface area contributed by atoms with E-state index in [-0.39, 0.29) is 24.3 Å². The van der Waals surface area contributed by atoms with Gasteiger partial charge in [-0.25, -0.2) is 0 Å². The van der Waals surface area contributed by atoms with Gasteiger partial charge in [0.25, 0.3) is 0 Å². The molecule has 0 unspecified atom stereocenters. The third-order valence-electron chi connectivity index (χ3n) is 5.16. The minimum atomic E-state index is -0.799. The molecule has 0 saturated heterocycles. The minimum Gasteiger partial charge on any atom is -0.481 e. The lowest BCUT2D eigenvalue weighted by atomic mass is 9.82. The number of nitrogens with one attached hydrogen (secondary N) is 1. The summed E-state index contributed by atoms with van der Waals surface area (Å²) in [5.41, 5.74) is 5.19. The fraction of sp³-hybridized carbons (Fsp3) is 0.900. The van der Waals surface area contributed by atoms with Gasteiger partial charge in [0.05, 0.1) is 6.04 Å². The maximum Gasteiger partial charge on any atom is 0.303 e. The zero-order valence-electron chi connectivity index (χ0n) is 16.7. The Kier molecular flexibility index (Phi) is 13.5. The van der Waals surface area contributed by atoms with Crippen LogP contribution in [-0.2, 0) is 9.59 Å². The molecule has 5 heteroatoms. The predicted octanol–water partition coefficient (Wildman–Crippen LogP) is 3.95. The molecular formula is C20H40N2O3. The highest BCUT2D eigenvalue weighted by molar-refractivity contribution is 5.79. The van der Waals surface area contributed by atoms with Crippen LogP contribution in [0.25, 0.3) is 0 Å². The first-order valence-corrected chi connectivity index (χ1v) is 10.1. The van der Waals surface area contributed by atoms with E-state index in [1.165, 1.54) is 32.1 Å². The van der Waals surface area contributed by atoms with Gasteiger partial charge in [0.1, 0.15) is 0 Å². The summed E-state index contributed by atoms with van der Waals surface area (Å²) in [7, 11) is 0. The first-order chi connectivity index (χ1) is 11.8. The second-order valence-electron chi connectivity index (χ2n) is 7.67. The van der Waals surface area contributed by atoms with Crippen molar-refractivity contribution in [3.63, 3.8) is 0 Å². The zero-order valence-corrected chi connectivity index (χ0v) is 16.7. The number of rotatable bonds is 10. The lowest BCUT2D eigenvalue weighted by Crippen LogP contribution is -2.43. The molecule has 1 saturated carbocycles. The molecule has 0 aromatic carbocycles. The van der Waals surface area contributed by atoms with Crippen molar-refractivity contribution in [2.45, 2.75) is 91.5 Å². The fourth-order valence-electron chi connectivity index (χ4n) is 3.49. The number of carboxylic acids is 1. The second kappa shape index (κ2) is 14.1. The Morgan fingerprint density at radius 2 is 1.76 bits per heavy atom. The minimum absolute atomic E-state index is 0.0656. The van der Waals surface area contributed by atoms with Gasteiger partial charge in [-0.3, -0.25) is 9.59 Å². The molecule has 0 radical (unpaired) electrons. The fourth-order valence-corrected chi connectivity index (χ4v) is 3.49. The molecule has 0 aromatic heterocycles. The van der Waals surface area contributed by atoms with Gasteiger partial charge in [0, 0.05) is 6.42 Å². The molecule has 2 atom stereocenters. The third kappa shape index (κ3) is 12.0. The molecular weight excluding hydrogens is 316 g/mol. The zero-order chi connectivity index (χ0) is 19.2. The van der Waals surface area contributed by atoms with E-state index in [0.717, 1.165) is 24.7 Å². The van der Waals surface area contributed by atoms with Crippen molar-refractivity contribution < 1.29 is 14.7 Å². The van der Waals surface area contributed by atoms with Crippen molar-refractivity contribution in [3.05, 3.63) is 0 Å². The van der Waals surface area contributed by atoms with Gasteiger partial charge in [0.2, 0.25) is 5.91 Å². The Labute approximate surface area is 154 Å². The topological polar surface area (TPSA) is 92.4 Å². The van der Waals surface area contributed by atoms with Gasteiger partial charge in [-0.15, -0.1) is 0 Å². The number of amides is 1. The summed E-state index contributed by atoms with van der Waals surface area (Å²) >= 11 is 0. The summed E-state index contributed by atoms with van der Waals surface area (Å²) in [6.07, 6.45) is 10.0. The van der Waals surface area contributed by atoms with Crippen LogP contribution >= 0.6 is 0 Å². The average Bonchev–Trinajstić information content (AvgIpc) is 2.56. The van der Waals surface area contributed by atoms with Crippen LogP contribution in [0.2, 0.25) is 0 Å². The summed E-state index contributed by atoms with van der Waals surface area (Å²) in [4.78, 5) is 21.6. The molecule has 0 aromatic rings. The summed E-state index contributed by atoms with van der Waals surface area (Å²) < 4.78 is 0. The Hall–Kier alpha value is -1.10. The van der Waals surface area contributed by atoms with Crippen molar-refractivity contribution >= 4 is 11.9 Å².